The highest BCUT2D eigenvalue weighted by molar-refractivity contribution is 14.1. The summed E-state index contributed by atoms with van der Waals surface area (Å²) in [7, 11) is 0. The third kappa shape index (κ3) is 3.09. The van der Waals surface area contributed by atoms with E-state index in [0.717, 1.165) is 21.3 Å². The molecular formula is C14H10F2INO. The lowest BCUT2D eigenvalue weighted by Gasteiger charge is -2.09. The Morgan fingerprint density at radius 3 is 2.37 bits per heavy atom. The molecular weight excluding hydrogens is 363 g/mol. The van der Waals surface area contributed by atoms with Gasteiger partial charge in [-0.25, -0.2) is 8.78 Å². The normalized spacial score (nSPS) is 10.3. The minimum absolute atomic E-state index is 0.527. The van der Waals surface area contributed by atoms with Crippen LogP contribution in [0.3, 0.4) is 0 Å². The molecule has 2 rings (SSSR count). The van der Waals surface area contributed by atoms with Gasteiger partial charge in [-0.1, -0.05) is 12.1 Å². The summed E-state index contributed by atoms with van der Waals surface area (Å²) in [6.45, 7) is 1.92. The van der Waals surface area contributed by atoms with E-state index in [2.05, 4.69) is 27.9 Å². The Kier molecular flexibility index (Phi) is 4.14. The van der Waals surface area contributed by atoms with Crippen LogP contribution in [0.5, 0.6) is 0 Å². The molecule has 2 nitrogen and oxygen atoms in total. The van der Waals surface area contributed by atoms with Crippen molar-refractivity contribution in [3.05, 3.63) is 62.7 Å². The number of nitrogens with one attached hydrogen (secondary N) is 1. The molecule has 0 aliphatic carbocycles. The van der Waals surface area contributed by atoms with Gasteiger partial charge in [-0.3, -0.25) is 4.79 Å². The molecule has 1 amide bonds. The molecule has 0 saturated heterocycles. The van der Waals surface area contributed by atoms with Crippen LogP contribution in [0.1, 0.15) is 15.9 Å². The lowest BCUT2D eigenvalue weighted by Crippen LogP contribution is -2.16. The summed E-state index contributed by atoms with van der Waals surface area (Å²) in [5, 5.41) is 2.51. The second kappa shape index (κ2) is 5.64. The molecule has 19 heavy (non-hydrogen) atoms. The SMILES string of the molecule is Cc1ccc(NC(=O)c2c(F)cccc2F)c(I)c1. The molecule has 0 saturated carbocycles. The fourth-order valence-electron chi connectivity index (χ4n) is 1.62. The highest BCUT2D eigenvalue weighted by Crippen LogP contribution is 2.21. The van der Waals surface area contributed by atoms with Crippen molar-refractivity contribution >= 4 is 34.2 Å². The predicted octanol–water partition coefficient (Wildman–Crippen LogP) is 4.13. The van der Waals surface area contributed by atoms with E-state index in [1.165, 1.54) is 6.07 Å². The summed E-state index contributed by atoms with van der Waals surface area (Å²) in [4.78, 5) is 11.9. The fraction of sp³-hybridized carbons (Fsp3) is 0.0714. The highest BCUT2D eigenvalue weighted by atomic mass is 127. The summed E-state index contributed by atoms with van der Waals surface area (Å²) < 4.78 is 27.7. The smallest absolute Gasteiger partial charge is 0.261 e. The Morgan fingerprint density at radius 1 is 1.16 bits per heavy atom. The molecule has 0 aliphatic heterocycles. The minimum Gasteiger partial charge on any atom is -0.321 e. The first kappa shape index (κ1) is 13.9. The third-order valence-corrected chi connectivity index (χ3v) is 3.46. The number of halogens is 3. The predicted molar refractivity (Wildman–Crippen MR) is 78.2 cm³/mol. The lowest BCUT2D eigenvalue weighted by molar-refractivity contribution is 0.101. The Hall–Kier alpha value is -1.50. The largest absolute Gasteiger partial charge is 0.321 e. The molecule has 0 heterocycles. The van der Waals surface area contributed by atoms with Crippen LogP contribution < -0.4 is 5.32 Å². The Bertz CT molecular complexity index is 623. The molecule has 98 valence electrons. The first-order chi connectivity index (χ1) is 8.99. The van der Waals surface area contributed by atoms with Gasteiger partial charge in [-0.05, 0) is 59.3 Å². The van der Waals surface area contributed by atoms with Gasteiger partial charge in [0, 0.05) is 3.57 Å². The van der Waals surface area contributed by atoms with Crippen molar-refractivity contribution in [1.82, 2.24) is 0 Å². The standard InChI is InChI=1S/C14H10F2INO/c1-8-5-6-12(11(17)7-8)18-14(19)13-9(15)3-2-4-10(13)16/h2-7H,1H3,(H,18,19). The van der Waals surface area contributed by atoms with Gasteiger partial charge in [0.25, 0.3) is 5.91 Å². The topological polar surface area (TPSA) is 29.1 Å². The maximum atomic E-state index is 13.5. The van der Waals surface area contributed by atoms with Gasteiger partial charge >= 0.3 is 0 Å². The van der Waals surface area contributed by atoms with E-state index in [9.17, 15) is 13.6 Å². The van der Waals surface area contributed by atoms with Crippen LogP contribution in [0.15, 0.2) is 36.4 Å². The maximum absolute atomic E-state index is 13.5. The monoisotopic (exact) mass is 373 g/mol. The summed E-state index contributed by atoms with van der Waals surface area (Å²) in [5.74, 6) is -2.54. The number of hydrogen-bond acceptors (Lipinski definition) is 1. The molecule has 0 radical (unpaired) electrons. The molecule has 1 N–H and O–H groups in total. The zero-order valence-electron chi connectivity index (χ0n) is 10.0. The van der Waals surface area contributed by atoms with Crippen LogP contribution in [0, 0.1) is 22.1 Å². The van der Waals surface area contributed by atoms with Crippen LogP contribution in [-0.2, 0) is 0 Å². The molecule has 0 aliphatic rings. The van der Waals surface area contributed by atoms with Crippen molar-refractivity contribution in [2.75, 3.05) is 5.32 Å². The summed E-state index contributed by atoms with van der Waals surface area (Å²) in [5.41, 5.74) is 0.997. The Balaban J connectivity index is 2.31. The minimum atomic E-state index is -0.875. The second-order valence-corrected chi connectivity index (χ2v) is 5.20. The van der Waals surface area contributed by atoms with Crippen molar-refractivity contribution in [1.29, 1.82) is 0 Å². The van der Waals surface area contributed by atoms with Gasteiger partial charge < -0.3 is 5.32 Å². The number of carbonyl (C=O) groups is 1. The molecule has 0 atom stereocenters. The van der Waals surface area contributed by atoms with Gasteiger partial charge in [0.1, 0.15) is 17.2 Å². The van der Waals surface area contributed by atoms with E-state index in [1.807, 2.05) is 19.1 Å². The van der Waals surface area contributed by atoms with Crippen LogP contribution in [0.2, 0.25) is 0 Å². The van der Waals surface area contributed by atoms with Gasteiger partial charge in [0.2, 0.25) is 0 Å². The third-order valence-electron chi connectivity index (χ3n) is 2.56. The fourth-order valence-corrected chi connectivity index (χ4v) is 2.43. The molecule has 0 spiro atoms. The average Bonchev–Trinajstić information content (AvgIpc) is 2.32. The van der Waals surface area contributed by atoms with E-state index in [0.29, 0.717) is 5.69 Å². The molecule has 2 aromatic carbocycles. The van der Waals surface area contributed by atoms with Gasteiger partial charge in [0.15, 0.2) is 0 Å². The Morgan fingerprint density at radius 2 is 1.79 bits per heavy atom. The Labute approximate surface area is 123 Å². The van der Waals surface area contributed by atoms with E-state index < -0.39 is 23.1 Å². The first-order valence-corrected chi connectivity index (χ1v) is 6.58. The maximum Gasteiger partial charge on any atom is 0.261 e. The number of anilines is 1. The number of amides is 1. The number of benzene rings is 2. The van der Waals surface area contributed by atoms with Gasteiger partial charge in [-0.15, -0.1) is 0 Å². The lowest BCUT2D eigenvalue weighted by atomic mass is 10.1. The number of carbonyl (C=O) groups excluding carboxylic acids is 1. The molecule has 0 unspecified atom stereocenters. The highest BCUT2D eigenvalue weighted by Gasteiger charge is 2.17. The van der Waals surface area contributed by atoms with Gasteiger partial charge in [0.05, 0.1) is 5.69 Å². The molecule has 5 heteroatoms. The molecule has 0 fully saturated rings. The number of aryl methyl sites for hydroxylation is 1. The van der Waals surface area contributed by atoms with Crippen LogP contribution in [-0.4, -0.2) is 5.91 Å². The molecule has 0 aromatic heterocycles. The van der Waals surface area contributed by atoms with Crippen LogP contribution >= 0.6 is 22.6 Å². The van der Waals surface area contributed by atoms with Crippen molar-refractivity contribution < 1.29 is 13.6 Å². The van der Waals surface area contributed by atoms with Crippen molar-refractivity contribution in [2.24, 2.45) is 0 Å². The van der Waals surface area contributed by atoms with E-state index in [-0.39, 0.29) is 0 Å². The number of hydrogen-bond donors (Lipinski definition) is 1. The van der Waals surface area contributed by atoms with Crippen LogP contribution in [0.4, 0.5) is 14.5 Å². The average molecular weight is 373 g/mol. The summed E-state index contributed by atoms with van der Waals surface area (Å²) in [6, 6.07) is 8.71. The molecule has 2 aromatic rings. The zero-order chi connectivity index (χ0) is 14.0. The van der Waals surface area contributed by atoms with Crippen molar-refractivity contribution in [3.63, 3.8) is 0 Å². The first-order valence-electron chi connectivity index (χ1n) is 5.50. The van der Waals surface area contributed by atoms with E-state index in [4.69, 9.17) is 0 Å². The summed E-state index contributed by atoms with van der Waals surface area (Å²) in [6.07, 6.45) is 0. The van der Waals surface area contributed by atoms with Crippen molar-refractivity contribution in [2.45, 2.75) is 6.92 Å². The zero-order valence-corrected chi connectivity index (χ0v) is 12.2. The quantitative estimate of drug-likeness (QED) is 0.789. The van der Waals surface area contributed by atoms with E-state index in [1.54, 1.807) is 6.07 Å². The van der Waals surface area contributed by atoms with Crippen molar-refractivity contribution in [3.8, 4) is 0 Å². The summed E-state index contributed by atoms with van der Waals surface area (Å²) >= 11 is 2.05. The van der Waals surface area contributed by atoms with Crippen LogP contribution in [0.25, 0.3) is 0 Å². The second-order valence-electron chi connectivity index (χ2n) is 4.03. The van der Waals surface area contributed by atoms with Gasteiger partial charge in [-0.2, -0.15) is 0 Å². The van der Waals surface area contributed by atoms with E-state index >= 15 is 0 Å². The number of rotatable bonds is 2. The molecule has 0 bridgehead atoms.